The van der Waals surface area contributed by atoms with Crippen molar-refractivity contribution in [1.29, 1.82) is 0 Å². The molecule has 3 aromatic heterocycles. The number of benzene rings is 1. The summed E-state index contributed by atoms with van der Waals surface area (Å²) in [7, 11) is 0. The van der Waals surface area contributed by atoms with Crippen LogP contribution >= 0.6 is 23.1 Å². The Kier molecular flexibility index (Phi) is 5.24. The lowest BCUT2D eigenvalue weighted by Gasteiger charge is -2.07. The number of fused-ring (bicyclic) bond motifs is 1. The smallest absolute Gasteiger partial charge is 0.259 e. The van der Waals surface area contributed by atoms with E-state index >= 15 is 0 Å². The Morgan fingerprint density at radius 2 is 2.10 bits per heavy atom. The van der Waals surface area contributed by atoms with E-state index in [0.29, 0.717) is 32.8 Å². The molecule has 0 aliphatic rings. The number of H-pyrrole nitrogens is 1. The topological polar surface area (TPSA) is 112 Å². The number of aromatic nitrogens is 5. The number of aryl methyl sites for hydroxylation is 2. The Labute approximate surface area is 172 Å². The fraction of sp³-hybridized carbons (Fsp3) is 0.222. The molecule has 8 nitrogen and oxygen atoms in total. The van der Waals surface area contributed by atoms with Crippen molar-refractivity contribution in [2.45, 2.75) is 31.4 Å². The number of rotatable bonds is 6. The molecule has 0 amide bonds. The van der Waals surface area contributed by atoms with E-state index in [1.807, 2.05) is 13.8 Å². The Morgan fingerprint density at radius 3 is 2.90 bits per heavy atom. The molecule has 0 saturated carbocycles. The molecule has 0 aliphatic carbocycles. The highest BCUT2D eigenvalue weighted by Gasteiger charge is 2.15. The fourth-order valence-corrected chi connectivity index (χ4v) is 4.50. The number of nitrogens with one attached hydrogen (secondary N) is 1. The summed E-state index contributed by atoms with van der Waals surface area (Å²) >= 11 is 2.78. The second-order valence-electron chi connectivity index (χ2n) is 6.25. The summed E-state index contributed by atoms with van der Waals surface area (Å²) in [4.78, 5) is 21.5. The molecule has 150 valence electrons. The van der Waals surface area contributed by atoms with E-state index in [9.17, 15) is 9.18 Å². The van der Waals surface area contributed by atoms with Crippen LogP contribution in [0.1, 0.15) is 22.1 Å². The van der Waals surface area contributed by atoms with Crippen LogP contribution in [-0.4, -0.2) is 24.8 Å². The Balaban J connectivity index is 1.46. The van der Waals surface area contributed by atoms with Crippen LogP contribution in [0.5, 0.6) is 5.75 Å². The summed E-state index contributed by atoms with van der Waals surface area (Å²) in [5, 5.41) is 9.08. The molecule has 3 heterocycles. The van der Waals surface area contributed by atoms with Gasteiger partial charge >= 0.3 is 0 Å². The number of thioether (sulfide) groups is 1. The number of nitrogens with two attached hydrogens (primary N) is 1. The molecule has 4 aromatic rings. The highest BCUT2D eigenvalue weighted by Crippen LogP contribution is 2.27. The van der Waals surface area contributed by atoms with Crippen LogP contribution in [0.4, 0.5) is 4.39 Å². The number of thiophene rings is 1. The van der Waals surface area contributed by atoms with Crippen molar-refractivity contribution in [1.82, 2.24) is 24.8 Å². The van der Waals surface area contributed by atoms with Crippen molar-refractivity contribution >= 4 is 33.3 Å². The lowest BCUT2D eigenvalue weighted by atomic mass is 10.2. The third-order valence-corrected chi connectivity index (χ3v) is 6.41. The van der Waals surface area contributed by atoms with Crippen molar-refractivity contribution in [3.63, 3.8) is 0 Å². The average Bonchev–Trinajstić information content (AvgIpc) is 3.19. The third kappa shape index (κ3) is 3.83. The molecular formula is C18H17FN6O2S2. The second-order valence-corrected chi connectivity index (χ2v) is 8.40. The van der Waals surface area contributed by atoms with Gasteiger partial charge in [-0.25, -0.2) is 14.1 Å². The average molecular weight is 433 g/mol. The molecule has 11 heteroatoms. The van der Waals surface area contributed by atoms with Crippen molar-refractivity contribution in [3.8, 4) is 5.75 Å². The maximum absolute atomic E-state index is 13.6. The summed E-state index contributed by atoms with van der Waals surface area (Å²) in [6.45, 7) is 3.86. The number of hydrogen-bond acceptors (Lipinski definition) is 8. The molecule has 0 radical (unpaired) electrons. The zero-order valence-electron chi connectivity index (χ0n) is 15.6. The first-order valence-electron chi connectivity index (χ1n) is 8.62. The van der Waals surface area contributed by atoms with Crippen LogP contribution in [0.15, 0.2) is 34.2 Å². The summed E-state index contributed by atoms with van der Waals surface area (Å²) < 4.78 is 20.3. The first-order chi connectivity index (χ1) is 13.9. The minimum atomic E-state index is -0.463. The maximum Gasteiger partial charge on any atom is 0.259 e. The normalized spacial score (nSPS) is 11.3. The summed E-state index contributed by atoms with van der Waals surface area (Å²) in [5.41, 5.74) is 0.805. The van der Waals surface area contributed by atoms with E-state index in [1.165, 1.54) is 39.9 Å². The quantitative estimate of drug-likeness (QED) is 0.356. The van der Waals surface area contributed by atoms with Gasteiger partial charge in [0.05, 0.1) is 11.1 Å². The van der Waals surface area contributed by atoms with Gasteiger partial charge in [0.1, 0.15) is 17.3 Å². The third-order valence-electron chi connectivity index (χ3n) is 4.35. The minimum Gasteiger partial charge on any atom is -0.482 e. The van der Waals surface area contributed by atoms with Crippen molar-refractivity contribution in [2.75, 3.05) is 5.84 Å². The van der Waals surface area contributed by atoms with Crippen molar-refractivity contribution < 1.29 is 9.13 Å². The zero-order chi connectivity index (χ0) is 20.5. The number of aromatic amines is 1. The number of nitrogen functional groups attached to an aromatic ring is 1. The largest absolute Gasteiger partial charge is 0.482 e. The first-order valence-corrected chi connectivity index (χ1v) is 10.4. The van der Waals surface area contributed by atoms with Gasteiger partial charge in [-0.3, -0.25) is 4.79 Å². The monoisotopic (exact) mass is 432 g/mol. The zero-order valence-corrected chi connectivity index (χ0v) is 17.2. The molecule has 4 rings (SSSR count). The Hall–Kier alpha value is -2.92. The van der Waals surface area contributed by atoms with Crippen LogP contribution in [0.3, 0.4) is 0 Å². The summed E-state index contributed by atoms with van der Waals surface area (Å²) in [6.07, 6.45) is 0. The van der Waals surface area contributed by atoms with Gasteiger partial charge < -0.3 is 15.6 Å². The number of para-hydroxylation sites is 1. The number of ether oxygens (including phenoxy) is 1. The van der Waals surface area contributed by atoms with E-state index in [4.69, 9.17) is 10.6 Å². The van der Waals surface area contributed by atoms with Gasteiger partial charge in [0.25, 0.3) is 5.56 Å². The van der Waals surface area contributed by atoms with Crippen LogP contribution in [0.25, 0.3) is 10.2 Å². The van der Waals surface area contributed by atoms with Gasteiger partial charge in [-0.15, -0.1) is 21.5 Å². The van der Waals surface area contributed by atoms with E-state index in [0.717, 1.165) is 10.4 Å². The summed E-state index contributed by atoms with van der Waals surface area (Å²) in [5.74, 6) is 6.91. The van der Waals surface area contributed by atoms with E-state index in [1.54, 1.807) is 12.1 Å². The molecule has 0 atom stereocenters. The van der Waals surface area contributed by atoms with Crippen molar-refractivity contribution in [3.05, 3.63) is 62.5 Å². The number of nitrogens with zero attached hydrogens (tertiary/aromatic N) is 4. The van der Waals surface area contributed by atoms with Gasteiger partial charge in [0, 0.05) is 4.88 Å². The molecule has 0 fully saturated rings. The molecular weight excluding hydrogens is 415 g/mol. The SMILES string of the molecule is Cc1sc2nc(CSc3nnc(COc4ccccc4F)n3N)[nH]c(=O)c2c1C. The number of halogens is 1. The Bertz CT molecular complexity index is 1250. The van der Waals surface area contributed by atoms with Crippen LogP contribution < -0.4 is 16.1 Å². The lowest BCUT2D eigenvalue weighted by Crippen LogP contribution is -2.16. The van der Waals surface area contributed by atoms with E-state index in [2.05, 4.69) is 20.2 Å². The first kappa shape index (κ1) is 19.4. The van der Waals surface area contributed by atoms with Gasteiger partial charge in [0.2, 0.25) is 5.16 Å². The summed E-state index contributed by atoms with van der Waals surface area (Å²) in [6, 6.07) is 6.09. The molecule has 1 aromatic carbocycles. The second kappa shape index (κ2) is 7.84. The van der Waals surface area contributed by atoms with Crippen LogP contribution in [0.2, 0.25) is 0 Å². The standard InChI is InChI=1S/C18H17FN6O2S2/c1-9-10(2)29-17-15(9)16(26)21-13(22-17)8-28-18-24-23-14(25(18)20)7-27-12-6-4-3-5-11(12)19/h3-6H,7-8,20H2,1-2H3,(H,21,22,26). The predicted octanol–water partition coefficient (Wildman–Crippen LogP) is 2.92. The molecule has 3 N–H and O–H groups in total. The number of hydrogen-bond donors (Lipinski definition) is 2. The fourth-order valence-electron chi connectivity index (χ4n) is 2.71. The lowest BCUT2D eigenvalue weighted by molar-refractivity contribution is 0.277. The minimum absolute atomic E-state index is 0.0280. The van der Waals surface area contributed by atoms with Gasteiger partial charge in [0.15, 0.2) is 17.4 Å². The molecule has 0 bridgehead atoms. The molecule has 0 aliphatic heterocycles. The highest BCUT2D eigenvalue weighted by atomic mass is 32.2. The molecule has 29 heavy (non-hydrogen) atoms. The Morgan fingerprint density at radius 1 is 1.31 bits per heavy atom. The van der Waals surface area contributed by atoms with Crippen LogP contribution in [-0.2, 0) is 12.4 Å². The maximum atomic E-state index is 13.6. The van der Waals surface area contributed by atoms with Crippen LogP contribution in [0, 0.1) is 19.7 Å². The molecule has 0 unspecified atom stereocenters. The predicted molar refractivity (Wildman–Crippen MR) is 110 cm³/mol. The van der Waals surface area contributed by atoms with E-state index in [-0.39, 0.29) is 17.9 Å². The van der Waals surface area contributed by atoms with E-state index < -0.39 is 5.82 Å². The highest BCUT2D eigenvalue weighted by molar-refractivity contribution is 7.98. The van der Waals surface area contributed by atoms with Gasteiger partial charge in [-0.2, -0.15) is 0 Å². The van der Waals surface area contributed by atoms with Crippen molar-refractivity contribution in [2.24, 2.45) is 0 Å². The van der Waals surface area contributed by atoms with Gasteiger partial charge in [-0.05, 0) is 31.5 Å². The molecule has 0 spiro atoms. The molecule has 0 saturated heterocycles. The van der Waals surface area contributed by atoms with Gasteiger partial charge in [-0.1, -0.05) is 23.9 Å².